The van der Waals surface area contributed by atoms with Crippen LogP contribution in [0.3, 0.4) is 0 Å². The predicted octanol–water partition coefficient (Wildman–Crippen LogP) is 1.26. The van der Waals surface area contributed by atoms with Gasteiger partial charge in [-0.2, -0.15) is 0 Å². The Hall–Kier alpha value is -0.570. The fourth-order valence-electron chi connectivity index (χ4n) is 1.37. The Morgan fingerprint density at radius 2 is 1.75 bits per heavy atom. The van der Waals surface area contributed by atoms with Crippen molar-refractivity contribution < 1.29 is 15.0 Å². The Morgan fingerprint density at radius 3 is 2.00 bits per heavy atom. The van der Waals surface area contributed by atoms with E-state index in [1.807, 2.05) is 0 Å². The third-order valence-corrected chi connectivity index (χ3v) is 3.17. The first-order valence-electron chi connectivity index (χ1n) is 4.26. The van der Waals surface area contributed by atoms with Crippen LogP contribution in [0, 0.1) is 11.3 Å². The maximum atomic E-state index is 10.8. The molecule has 0 aromatic carbocycles. The number of carboxylic acids is 1. The average Bonchev–Trinajstić information content (AvgIpc) is 2.66. The van der Waals surface area contributed by atoms with Crippen molar-refractivity contribution in [2.45, 2.75) is 39.2 Å². The van der Waals surface area contributed by atoms with Gasteiger partial charge in [0.1, 0.15) is 0 Å². The summed E-state index contributed by atoms with van der Waals surface area (Å²) in [6.45, 7) is 4.78. The number of hydrogen-bond donors (Lipinski definition) is 2. The Labute approximate surface area is 72.4 Å². The van der Waals surface area contributed by atoms with E-state index >= 15 is 0 Å². The van der Waals surface area contributed by atoms with Gasteiger partial charge in [0, 0.05) is 0 Å². The van der Waals surface area contributed by atoms with Gasteiger partial charge < -0.3 is 10.2 Å². The lowest BCUT2D eigenvalue weighted by molar-refractivity contribution is -0.165. The first kappa shape index (κ1) is 9.52. The molecule has 0 bridgehead atoms. The van der Waals surface area contributed by atoms with E-state index in [1.165, 1.54) is 0 Å². The van der Waals surface area contributed by atoms with Crippen LogP contribution in [0.25, 0.3) is 0 Å². The Kier molecular flexibility index (Phi) is 1.95. The zero-order valence-electron chi connectivity index (χ0n) is 7.79. The highest BCUT2D eigenvalue weighted by atomic mass is 16.4. The molecule has 2 N–H and O–H groups in total. The minimum absolute atomic E-state index is 0.170. The zero-order valence-corrected chi connectivity index (χ0v) is 7.79. The van der Waals surface area contributed by atoms with E-state index in [9.17, 15) is 9.90 Å². The van der Waals surface area contributed by atoms with E-state index < -0.39 is 17.0 Å². The van der Waals surface area contributed by atoms with Crippen molar-refractivity contribution in [3.8, 4) is 0 Å². The molecule has 1 fully saturated rings. The molecule has 1 unspecified atom stereocenters. The smallest absolute Gasteiger partial charge is 0.312 e. The summed E-state index contributed by atoms with van der Waals surface area (Å²) in [7, 11) is 0. The summed E-state index contributed by atoms with van der Waals surface area (Å²) in [5, 5.41) is 18.9. The van der Waals surface area contributed by atoms with Crippen LogP contribution in [0.4, 0.5) is 0 Å². The van der Waals surface area contributed by atoms with Gasteiger partial charge in [0.25, 0.3) is 0 Å². The van der Waals surface area contributed by atoms with Gasteiger partial charge in [0.05, 0.1) is 11.0 Å². The molecule has 0 radical (unpaired) electrons. The number of carbonyl (C=O) groups is 1. The van der Waals surface area contributed by atoms with Crippen molar-refractivity contribution in [2.75, 3.05) is 0 Å². The van der Waals surface area contributed by atoms with E-state index in [0.29, 0.717) is 0 Å². The van der Waals surface area contributed by atoms with E-state index in [-0.39, 0.29) is 5.92 Å². The lowest BCUT2D eigenvalue weighted by Gasteiger charge is -2.36. The van der Waals surface area contributed by atoms with Crippen molar-refractivity contribution in [3.63, 3.8) is 0 Å². The van der Waals surface area contributed by atoms with Gasteiger partial charge in [-0.3, -0.25) is 4.79 Å². The fourth-order valence-corrected chi connectivity index (χ4v) is 1.37. The van der Waals surface area contributed by atoms with Crippen molar-refractivity contribution in [3.05, 3.63) is 0 Å². The van der Waals surface area contributed by atoms with Crippen LogP contribution in [0.1, 0.15) is 33.6 Å². The standard InChI is InChI=1S/C9H16O3/c1-8(2,7(10)11)9(3,12)6-4-5-6/h6,12H,4-5H2,1-3H3,(H,10,11). The molecule has 1 saturated carbocycles. The van der Waals surface area contributed by atoms with Crippen molar-refractivity contribution >= 4 is 5.97 Å². The average molecular weight is 172 g/mol. The molecular weight excluding hydrogens is 156 g/mol. The van der Waals surface area contributed by atoms with Crippen LogP contribution >= 0.6 is 0 Å². The number of rotatable bonds is 3. The molecule has 1 aliphatic rings. The van der Waals surface area contributed by atoms with Gasteiger partial charge >= 0.3 is 5.97 Å². The lowest BCUT2D eigenvalue weighted by Crippen LogP contribution is -2.48. The molecule has 3 nitrogen and oxygen atoms in total. The molecule has 0 spiro atoms. The van der Waals surface area contributed by atoms with Gasteiger partial charge in [0.2, 0.25) is 0 Å². The summed E-state index contributed by atoms with van der Waals surface area (Å²) in [6, 6.07) is 0. The van der Waals surface area contributed by atoms with Crippen LogP contribution < -0.4 is 0 Å². The fraction of sp³-hybridized carbons (Fsp3) is 0.889. The van der Waals surface area contributed by atoms with Gasteiger partial charge in [-0.15, -0.1) is 0 Å². The maximum Gasteiger partial charge on any atom is 0.312 e. The quantitative estimate of drug-likeness (QED) is 0.673. The summed E-state index contributed by atoms with van der Waals surface area (Å²) >= 11 is 0. The topological polar surface area (TPSA) is 57.5 Å². The second-order valence-corrected chi connectivity index (χ2v) is 4.35. The number of aliphatic carboxylic acids is 1. The highest BCUT2D eigenvalue weighted by molar-refractivity contribution is 5.75. The monoisotopic (exact) mass is 172 g/mol. The van der Waals surface area contributed by atoms with Gasteiger partial charge in [-0.25, -0.2) is 0 Å². The summed E-state index contributed by atoms with van der Waals surface area (Å²) in [4.78, 5) is 10.8. The molecule has 0 saturated heterocycles. The Bertz CT molecular complexity index is 202. The van der Waals surface area contributed by atoms with E-state index in [0.717, 1.165) is 12.8 Å². The van der Waals surface area contributed by atoms with Crippen molar-refractivity contribution in [1.82, 2.24) is 0 Å². The largest absolute Gasteiger partial charge is 0.481 e. The SMILES string of the molecule is CC(C)(C(=O)O)C(C)(O)C1CC1. The molecule has 0 aromatic rings. The molecule has 0 heterocycles. The van der Waals surface area contributed by atoms with Crippen LogP contribution in [0.2, 0.25) is 0 Å². The molecule has 0 aromatic heterocycles. The third kappa shape index (κ3) is 1.22. The Morgan fingerprint density at radius 1 is 1.33 bits per heavy atom. The number of aliphatic hydroxyl groups is 1. The molecule has 12 heavy (non-hydrogen) atoms. The van der Waals surface area contributed by atoms with Crippen molar-refractivity contribution in [2.24, 2.45) is 11.3 Å². The molecule has 1 atom stereocenters. The summed E-state index contributed by atoms with van der Waals surface area (Å²) in [5.74, 6) is -0.761. The molecule has 1 rings (SSSR count). The van der Waals surface area contributed by atoms with E-state index in [1.54, 1.807) is 20.8 Å². The maximum absolute atomic E-state index is 10.8. The molecule has 0 aliphatic heterocycles. The second kappa shape index (κ2) is 2.46. The van der Waals surface area contributed by atoms with Crippen LogP contribution in [-0.2, 0) is 4.79 Å². The summed E-state index contributed by atoms with van der Waals surface area (Å²) < 4.78 is 0. The van der Waals surface area contributed by atoms with Gasteiger partial charge in [0.15, 0.2) is 0 Å². The summed E-state index contributed by atoms with van der Waals surface area (Å²) in [6.07, 6.45) is 1.90. The number of carboxylic acid groups (broad SMARTS) is 1. The first-order chi connectivity index (χ1) is 5.30. The van der Waals surface area contributed by atoms with Gasteiger partial charge in [-0.1, -0.05) is 0 Å². The molecular formula is C9H16O3. The predicted molar refractivity (Wildman–Crippen MR) is 44.8 cm³/mol. The lowest BCUT2D eigenvalue weighted by atomic mass is 9.73. The highest BCUT2D eigenvalue weighted by Crippen LogP contribution is 2.48. The van der Waals surface area contributed by atoms with Crippen LogP contribution in [-0.4, -0.2) is 21.8 Å². The molecule has 1 aliphatic carbocycles. The molecule has 3 heteroatoms. The minimum atomic E-state index is -1.07. The van der Waals surface area contributed by atoms with Crippen LogP contribution in [0.15, 0.2) is 0 Å². The third-order valence-electron chi connectivity index (χ3n) is 3.17. The van der Waals surface area contributed by atoms with E-state index in [2.05, 4.69) is 0 Å². The molecule has 0 amide bonds. The van der Waals surface area contributed by atoms with Gasteiger partial charge in [-0.05, 0) is 39.5 Å². The molecule has 70 valence electrons. The minimum Gasteiger partial charge on any atom is -0.481 e. The van der Waals surface area contributed by atoms with E-state index in [4.69, 9.17) is 5.11 Å². The first-order valence-corrected chi connectivity index (χ1v) is 4.26. The number of hydrogen-bond acceptors (Lipinski definition) is 2. The highest BCUT2D eigenvalue weighted by Gasteiger charge is 2.54. The summed E-state index contributed by atoms with van der Waals surface area (Å²) in [5.41, 5.74) is -2.12. The van der Waals surface area contributed by atoms with Crippen molar-refractivity contribution in [1.29, 1.82) is 0 Å². The zero-order chi connectivity index (χ0) is 9.57. The van der Waals surface area contributed by atoms with Crippen LogP contribution in [0.5, 0.6) is 0 Å². The normalized spacial score (nSPS) is 23.3. The second-order valence-electron chi connectivity index (χ2n) is 4.35. The Balaban J connectivity index is 2.84.